The number of fused-ring (bicyclic) bond motifs is 2. The number of phenols is 2. The van der Waals surface area contributed by atoms with Crippen LogP contribution in [0.3, 0.4) is 0 Å². The molecule has 0 saturated carbocycles. The van der Waals surface area contributed by atoms with E-state index >= 15 is 0 Å². The molecule has 1 fully saturated rings. The summed E-state index contributed by atoms with van der Waals surface area (Å²) < 4.78 is 0. The van der Waals surface area contributed by atoms with Crippen molar-refractivity contribution in [2.24, 2.45) is 0 Å². The Balaban J connectivity index is 1.41. The van der Waals surface area contributed by atoms with Crippen molar-refractivity contribution in [2.75, 3.05) is 23.3 Å². The summed E-state index contributed by atoms with van der Waals surface area (Å²) in [7, 11) is 0. The number of aromatic nitrogens is 1. The normalized spacial score (nSPS) is 16.4. The average Bonchev–Trinajstić information content (AvgIpc) is 3.24. The van der Waals surface area contributed by atoms with Gasteiger partial charge in [0.05, 0.1) is 16.8 Å². The standard InChI is InChI=1S/C24H24N4O2/c25-14-15-4-1-2-7-21(15)28-10-8-16(9-11-28)26-24-17-5-3-6-19(17)27-20-13-23(30)22(29)12-18(20)24/h1-2,4,7,12-13,16,29-30H,3,5-6,8-11H2,(H,26,27). The van der Waals surface area contributed by atoms with E-state index in [0.29, 0.717) is 11.6 Å². The van der Waals surface area contributed by atoms with Crippen LogP contribution in [0.4, 0.5) is 11.4 Å². The van der Waals surface area contributed by atoms with Gasteiger partial charge < -0.3 is 20.4 Å². The number of piperidine rings is 1. The van der Waals surface area contributed by atoms with Crippen LogP contribution < -0.4 is 10.2 Å². The Labute approximate surface area is 175 Å². The molecular formula is C24H24N4O2. The molecule has 0 unspecified atom stereocenters. The molecule has 152 valence electrons. The number of pyridine rings is 1. The van der Waals surface area contributed by atoms with Crippen molar-refractivity contribution in [3.05, 3.63) is 53.2 Å². The summed E-state index contributed by atoms with van der Waals surface area (Å²) >= 11 is 0. The van der Waals surface area contributed by atoms with Crippen molar-refractivity contribution in [3.8, 4) is 17.6 Å². The fourth-order valence-electron chi connectivity index (χ4n) is 4.76. The second-order valence-corrected chi connectivity index (χ2v) is 8.16. The summed E-state index contributed by atoms with van der Waals surface area (Å²) in [5.74, 6) is -0.253. The van der Waals surface area contributed by atoms with E-state index in [2.05, 4.69) is 16.3 Å². The van der Waals surface area contributed by atoms with Crippen molar-refractivity contribution in [2.45, 2.75) is 38.1 Å². The third-order valence-electron chi connectivity index (χ3n) is 6.32. The lowest BCUT2D eigenvalue weighted by Crippen LogP contribution is -2.39. The van der Waals surface area contributed by atoms with Gasteiger partial charge >= 0.3 is 0 Å². The van der Waals surface area contributed by atoms with Gasteiger partial charge in [0.1, 0.15) is 6.07 Å². The lowest BCUT2D eigenvalue weighted by molar-refractivity contribution is 0.405. The van der Waals surface area contributed by atoms with E-state index in [4.69, 9.17) is 4.98 Å². The summed E-state index contributed by atoms with van der Waals surface area (Å²) in [6, 6.07) is 13.5. The zero-order valence-corrected chi connectivity index (χ0v) is 16.7. The van der Waals surface area contributed by atoms with E-state index in [1.165, 1.54) is 5.56 Å². The molecule has 5 rings (SSSR count). The lowest BCUT2D eigenvalue weighted by atomic mass is 10.00. The molecule has 0 radical (unpaired) electrons. The van der Waals surface area contributed by atoms with E-state index in [1.807, 2.05) is 24.3 Å². The number of para-hydroxylation sites is 1. The van der Waals surface area contributed by atoms with Gasteiger partial charge in [-0.3, -0.25) is 4.98 Å². The number of nitrogens with zero attached hydrogens (tertiary/aromatic N) is 3. The molecule has 6 nitrogen and oxygen atoms in total. The van der Waals surface area contributed by atoms with Crippen LogP contribution in [0, 0.1) is 11.3 Å². The van der Waals surface area contributed by atoms with Gasteiger partial charge in [0.25, 0.3) is 0 Å². The van der Waals surface area contributed by atoms with Crippen LogP contribution in [0.25, 0.3) is 10.9 Å². The zero-order chi connectivity index (χ0) is 20.7. The first kappa shape index (κ1) is 18.6. The highest BCUT2D eigenvalue weighted by Crippen LogP contribution is 2.39. The Morgan fingerprint density at radius 3 is 2.63 bits per heavy atom. The van der Waals surface area contributed by atoms with Crippen LogP contribution in [0.15, 0.2) is 36.4 Å². The van der Waals surface area contributed by atoms with Gasteiger partial charge in [-0.15, -0.1) is 0 Å². The second kappa shape index (κ2) is 7.42. The number of aromatic hydroxyl groups is 2. The number of hydrogen-bond donors (Lipinski definition) is 3. The Kier molecular flexibility index (Phi) is 4.59. The van der Waals surface area contributed by atoms with Crippen LogP contribution in [-0.4, -0.2) is 34.3 Å². The van der Waals surface area contributed by atoms with Gasteiger partial charge in [0.15, 0.2) is 11.5 Å². The third-order valence-corrected chi connectivity index (χ3v) is 6.32. The zero-order valence-electron chi connectivity index (χ0n) is 16.7. The third kappa shape index (κ3) is 3.17. The minimum Gasteiger partial charge on any atom is -0.504 e. The van der Waals surface area contributed by atoms with E-state index in [-0.39, 0.29) is 11.5 Å². The van der Waals surface area contributed by atoms with Gasteiger partial charge in [-0.1, -0.05) is 12.1 Å². The fourth-order valence-corrected chi connectivity index (χ4v) is 4.76. The highest BCUT2D eigenvalue weighted by Gasteiger charge is 2.25. The van der Waals surface area contributed by atoms with E-state index in [9.17, 15) is 15.5 Å². The first-order valence-corrected chi connectivity index (χ1v) is 10.5. The molecule has 1 aliphatic carbocycles. The number of aryl methyl sites for hydroxylation is 1. The molecule has 2 aromatic carbocycles. The molecule has 2 aliphatic rings. The molecule has 1 saturated heterocycles. The van der Waals surface area contributed by atoms with Crippen LogP contribution in [0.5, 0.6) is 11.5 Å². The molecule has 0 atom stereocenters. The molecule has 30 heavy (non-hydrogen) atoms. The summed E-state index contributed by atoms with van der Waals surface area (Å²) in [5.41, 5.74) is 5.83. The van der Waals surface area contributed by atoms with E-state index < -0.39 is 0 Å². The highest BCUT2D eigenvalue weighted by atomic mass is 16.3. The molecule has 1 aliphatic heterocycles. The predicted octanol–water partition coefficient (Wildman–Crippen LogP) is 4.09. The summed E-state index contributed by atoms with van der Waals surface area (Å²) in [6.07, 6.45) is 4.93. The van der Waals surface area contributed by atoms with Crippen LogP contribution in [0.1, 0.15) is 36.1 Å². The number of phenolic OH excluding ortho intramolecular Hbond substituents is 2. The molecule has 0 amide bonds. The largest absolute Gasteiger partial charge is 0.504 e. The maximum atomic E-state index is 10.1. The Hall–Kier alpha value is -3.46. The summed E-state index contributed by atoms with van der Waals surface area (Å²) in [5, 5.41) is 34.0. The fraction of sp³-hybridized carbons (Fsp3) is 0.333. The van der Waals surface area contributed by atoms with E-state index in [1.54, 1.807) is 12.1 Å². The van der Waals surface area contributed by atoms with Gasteiger partial charge in [-0.2, -0.15) is 5.26 Å². The van der Waals surface area contributed by atoms with Crippen LogP contribution in [0.2, 0.25) is 0 Å². The smallest absolute Gasteiger partial charge is 0.159 e. The maximum Gasteiger partial charge on any atom is 0.159 e. The number of anilines is 2. The lowest BCUT2D eigenvalue weighted by Gasteiger charge is -2.35. The average molecular weight is 400 g/mol. The number of benzene rings is 2. The van der Waals surface area contributed by atoms with Crippen molar-refractivity contribution < 1.29 is 10.2 Å². The first-order chi connectivity index (χ1) is 14.6. The van der Waals surface area contributed by atoms with Gasteiger partial charge in [-0.25, -0.2) is 0 Å². The number of hydrogen-bond acceptors (Lipinski definition) is 6. The van der Waals surface area contributed by atoms with Crippen molar-refractivity contribution >= 4 is 22.3 Å². The number of nitrogens with one attached hydrogen (secondary N) is 1. The number of nitriles is 1. The predicted molar refractivity (Wildman–Crippen MR) is 117 cm³/mol. The Morgan fingerprint density at radius 2 is 1.83 bits per heavy atom. The first-order valence-electron chi connectivity index (χ1n) is 10.5. The Bertz CT molecular complexity index is 1160. The molecule has 2 heterocycles. The topological polar surface area (TPSA) is 92.4 Å². The quantitative estimate of drug-likeness (QED) is 0.574. The van der Waals surface area contributed by atoms with Crippen LogP contribution in [-0.2, 0) is 12.8 Å². The van der Waals surface area contributed by atoms with E-state index in [0.717, 1.165) is 73.2 Å². The summed E-state index contributed by atoms with van der Waals surface area (Å²) in [4.78, 5) is 7.02. The summed E-state index contributed by atoms with van der Waals surface area (Å²) in [6.45, 7) is 1.77. The monoisotopic (exact) mass is 400 g/mol. The molecule has 6 heteroatoms. The van der Waals surface area contributed by atoms with Gasteiger partial charge in [0, 0.05) is 42.0 Å². The van der Waals surface area contributed by atoms with Crippen LogP contribution >= 0.6 is 0 Å². The highest BCUT2D eigenvalue weighted by molar-refractivity contribution is 5.96. The van der Waals surface area contributed by atoms with Gasteiger partial charge in [0.2, 0.25) is 0 Å². The molecule has 3 N–H and O–H groups in total. The molecular weight excluding hydrogens is 376 g/mol. The maximum absolute atomic E-state index is 10.1. The molecule has 1 aromatic heterocycles. The SMILES string of the molecule is N#Cc1ccccc1N1CCC(Nc2c3c(nc4cc(O)c(O)cc24)CCC3)CC1. The van der Waals surface area contributed by atoms with Crippen molar-refractivity contribution in [1.82, 2.24) is 4.98 Å². The van der Waals surface area contributed by atoms with Crippen molar-refractivity contribution in [1.29, 1.82) is 5.26 Å². The molecule has 0 bridgehead atoms. The van der Waals surface area contributed by atoms with Crippen molar-refractivity contribution in [3.63, 3.8) is 0 Å². The number of rotatable bonds is 3. The molecule has 3 aromatic rings. The minimum atomic E-state index is -0.136. The second-order valence-electron chi connectivity index (χ2n) is 8.16. The molecule has 0 spiro atoms. The van der Waals surface area contributed by atoms with Gasteiger partial charge in [-0.05, 0) is 55.9 Å². The minimum absolute atomic E-state index is 0.117. The Morgan fingerprint density at radius 1 is 1.07 bits per heavy atom.